The lowest BCUT2D eigenvalue weighted by Crippen LogP contribution is -2.23. The molecule has 1 unspecified atom stereocenters. The molecule has 0 fully saturated rings. The Morgan fingerprint density at radius 2 is 1.89 bits per heavy atom. The summed E-state index contributed by atoms with van der Waals surface area (Å²) in [7, 11) is 3.28. The van der Waals surface area contributed by atoms with Gasteiger partial charge in [0.25, 0.3) is 0 Å². The Kier molecular flexibility index (Phi) is 5.76. The van der Waals surface area contributed by atoms with E-state index in [-0.39, 0.29) is 11.5 Å². The van der Waals surface area contributed by atoms with E-state index in [9.17, 15) is 0 Å². The Balaban J connectivity index is 3.24. The molecule has 102 valence electrons. The molecule has 0 amide bonds. The molecule has 0 aliphatic carbocycles. The van der Waals surface area contributed by atoms with E-state index in [1.165, 1.54) is 0 Å². The normalized spacial score (nSPS) is 13.7. The standard InChI is InChI=1S/C12H18ClIN2O2/c1-12(2,3)9(18-5)11-15-7(6-17-4)8(14)10(13)16-11/h9H,6H2,1-5H3. The maximum absolute atomic E-state index is 6.14. The van der Waals surface area contributed by atoms with Crippen molar-refractivity contribution in [1.82, 2.24) is 9.97 Å². The molecule has 0 spiro atoms. The second kappa shape index (κ2) is 6.45. The van der Waals surface area contributed by atoms with Gasteiger partial charge in [0.05, 0.1) is 15.9 Å². The van der Waals surface area contributed by atoms with E-state index < -0.39 is 0 Å². The third-order valence-corrected chi connectivity index (χ3v) is 4.16. The number of halogens is 2. The lowest BCUT2D eigenvalue weighted by Gasteiger charge is -2.28. The predicted molar refractivity (Wildman–Crippen MR) is 79.7 cm³/mol. The van der Waals surface area contributed by atoms with Crippen LogP contribution in [0.15, 0.2) is 0 Å². The van der Waals surface area contributed by atoms with Crippen LogP contribution in [-0.2, 0) is 16.1 Å². The molecule has 1 aromatic rings. The topological polar surface area (TPSA) is 44.2 Å². The van der Waals surface area contributed by atoms with Crippen molar-refractivity contribution in [2.45, 2.75) is 33.5 Å². The van der Waals surface area contributed by atoms with Gasteiger partial charge in [-0.05, 0) is 28.0 Å². The summed E-state index contributed by atoms with van der Waals surface area (Å²) in [5.41, 5.74) is 0.689. The van der Waals surface area contributed by atoms with Crippen LogP contribution in [0.5, 0.6) is 0 Å². The highest BCUT2D eigenvalue weighted by molar-refractivity contribution is 14.1. The minimum atomic E-state index is -0.206. The first kappa shape index (κ1) is 16.1. The summed E-state index contributed by atoms with van der Waals surface area (Å²) in [4.78, 5) is 8.83. The molecule has 0 saturated heterocycles. The smallest absolute Gasteiger partial charge is 0.159 e. The molecule has 1 atom stereocenters. The first-order valence-corrected chi connectivity index (χ1v) is 7.00. The Hall–Kier alpha value is 0.0200. The molecule has 18 heavy (non-hydrogen) atoms. The number of methoxy groups -OCH3 is 2. The number of hydrogen-bond acceptors (Lipinski definition) is 4. The quantitative estimate of drug-likeness (QED) is 0.587. The maximum Gasteiger partial charge on any atom is 0.159 e. The van der Waals surface area contributed by atoms with Crippen LogP contribution in [0.1, 0.15) is 38.4 Å². The van der Waals surface area contributed by atoms with E-state index in [4.69, 9.17) is 21.1 Å². The zero-order valence-corrected chi connectivity index (χ0v) is 14.2. The second-order valence-electron chi connectivity index (χ2n) is 5.05. The molecule has 6 heteroatoms. The molecule has 0 aliphatic rings. The summed E-state index contributed by atoms with van der Waals surface area (Å²) in [6.45, 7) is 6.64. The lowest BCUT2D eigenvalue weighted by atomic mass is 9.88. The molecule has 1 rings (SSSR count). The van der Waals surface area contributed by atoms with Gasteiger partial charge < -0.3 is 9.47 Å². The number of aromatic nitrogens is 2. The van der Waals surface area contributed by atoms with E-state index in [2.05, 4.69) is 53.3 Å². The van der Waals surface area contributed by atoms with Gasteiger partial charge in [0.2, 0.25) is 0 Å². The molecule has 0 saturated carbocycles. The fraction of sp³-hybridized carbons (Fsp3) is 0.667. The number of rotatable bonds is 4. The second-order valence-corrected chi connectivity index (χ2v) is 6.48. The van der Waals surface area contributed by atoms with E-state index in [0.29, 0.717) is 17.6 Å². The van der Waals surface area contributed by atoms with E-state index in [0.717, 1.165) is 9.26 Å². The van der Waals surface area contributed by atoms with Crippen molar-refractivity contribution in [2.24, 2.45) is 5.41 Å². The van der Waals surface area contributed by atoms with Crippen molar-refractivity contribution in [2.75, 3.05) is 14.2 Å². The van der Waals surface area contributed by atoms with Gasteiger partial charge in [-0.1, -0.05) is 32.4 Å². The first-order chi connectivity index (χ1) is 8.31. The van der Waals surface area contributed by atoms with E-state index in [1.54, 1.807) is 14.2 Å². The van der Waals surface area contributed by atoms with Gasteiger partial charge in [-0.25, -0.2) is 9.97 Å². The first-order valence-electron chi connectivity index (χ1n) is 5.54. The van der Waals surface area contributed by atoms with Crippen molar-refractivity contribution < 1.29 is 9.47 Å². The third kappa shape index (κ3) is 3.76. The minimum Gasteiger partial charge on any atom is -0.378 e. The van der Waals surface area contributed by atoms with E-state index in [1.807, 2.05) is 0 Å². The van der Waals surface area contributed by atoms with Crippen molar-refractivity contribution in [3.63, 3.8) is 0 Å². The summed E-state index contributed by atoms with van der Waals surface area (Å²) >= 11 is 8.26. The molecule has 0 N–H and O–H groups in total. The fourth-order valence-corrected chi connectivity index (χ4v) is 2.27. The van der Waals surface area contributed by atoms with Crippen LogP contribution in [0.2, 0.25) is 5.15 Å². The Morgan fingerprint density at radius 3 is 2.33 bits per heavy atom. The minimum absolute atomic E-state index is 0.102. The molecule has 4 nitrogen and oxygen atoms in total. The number of nitrogens with zero attached hydrogens (tertiary/aromatic N) is 2. The lowest BCUT2D eigenvalue weighted by molar-refractivity contribution is 0.00821. The van der Waals surface area contributed by atoms with E-state index >= 15 is 0 Å². The predicted octanol–water partition coefficient (Wildman–Crippen LogP) is 3.61. The van der Waals surface area contributed by atoms with Crippen molar-refractivity contribution in [3.8, 4) is 0 Å². The monoisotopic (exact) mass is 384 g/mol. The van der Waals surface area contributed by atoms with Crippen molar-refractivity contribution >= 4 is 34.2 Å². The van der Waals surface area contributed by atoms with Crippen LogP contribution < -0.4 is 0 Å². The molecule has 1 heterocycles. The molecule has 0 aliphatic heterocycles. The Morgan fingerprint density at radius 1 is 1.28 bits per heavy atom. The molecular formula is C12H18ClIN2O2. The van der Waals surface area contributed by atoms with Crippen LogP contribution in [0.25, 0.3) is 0 Å². The van der Waals surface area contributed by atoms with Gasteiger partial charge in [-0.15, -0.1) is 0 Å². The van der Waals surface area contributed by atoms with Gasteiger partial charge in [0.1, 0.15) is 11.3 Å². The van der Waals surface area contributed by atoms with Gasteiger partial charge in [0.15, 0.2) is 5.82 Å². The third-order valence-electron chi connectivity index (χ3n) is 2.43. The van der Waals surface area contributed by atoms with Crippen LogP contribution >= 0.6 is 34.2 Å². The zero-order chi connectivity index (χ0) is 13.9. The molecule has 0 bridgehead atoms. The zero-order valence-electron chi connectivity index (χ0n) is 11.3. The Labute approximate surface area is 127 Å². The summed E-state index contributed by atoms with van der Waals surface area (Å²) in [5.74, 6) is 0.600. The molecule has 1 aromatic heterocycles. The molecule has 0 aromatic carbocycles. The highest BCUT2D eigenvalue weighted by Gasteiger charge is 2.29. The molecule has 0 radical (unpaired) electrons. The van der Waals surface area contributed by atoms with Crippen LogP contribution in [0.3, 0.4) is 0 Å². The average molecular weight is 385 g/mol. The largest absolute Gasteiger partial charge is 0.378 e. The van der Waals surface area contributed by atoms with Crippen LogP contribution in [0.4, 0.5) is 0 Å². The summed E-state index contributed by atoms with van der Waals surface area (Å²) < 4.78 is 11.4. The summed E-state index contributed by atoms with van der Waals surface area (Å²) in [5, 5.41) is 0.443. The SMILES string of the molecule is COCc1nc(C(OC)C(C)(C)C)nc(Cl)c1I. The Bertz CT molecular complexity index is 421. The van der Waals surface area contributed by atoms with Gasteiger partial charge in [-0.3, -0.25) is 0 Å². The summed E-state index contributed by atoms with van der Waals surface area (Å²) in [6.07, 6.45) is -0.206. The maximum atomic E-state index is 6.14. The summed E-state index contributed by atoms with van der Waals surface area (Å²) in [6, 6.07) is 0. The number of hydrogen-bond donors (Lipinski definition) is 0. The van der Waals surface area contributed by atoms with Crippen LogP contribution in [-0.4, -0.2) is 24.2 Å². The van der Waals surface area contributed by atoms with Crippen LogP contribution in [0, 0.1) is 8.99 Å². The number of ether oxygens (including phenoxy) is 2. The van der Waals surface area contributed by atoms with Crippen molar-refractivity contribution in [3.05, 3.63) is 20.2 Å². The van der Waals surface area contributed by atoms with Crippen molar-refractivity contribution in [1.29, 1.82) is 0 Å². The average Bonchev–Trinajstić information content (AvgIpc) is 2.24. The van der Waals surface area contributed by atoms with Gasteiger partial charge in [-0.2, -0.15) is 0 Å². The van der Waals surface area contributed by atoms with Gasteiger partial charge >= 0.3 is 0 Å². The molecular weight excluding hydrogens is 367 g/mol. The van der Waals surface area contributed by atoms with Gasteiger partial charge in [0, 0.05) is 14.2 Å². The fourth-order valence-electron chi connectivity index (χ4n) is 1.68. The highest BCUT2D eigenvalue weighted by Crippen LogP contribution is 2.35. The highest BCUT2D eigenvalue weighted by atomic mass is 127.